The van der Waals surface area contributed by atoms with E-state index in [-0.39, 0.29) is 18.9 Å². The molecule has 2 amide bonds. The van der Waals surface area contributed by atoms with Crippen molar-refractivity contribution in [2.24, 2.45) is 0 Å². The Morgan fingerprint density at radius 1 is 0.927 bits per heavy atom. The molecule has 0 saturated carbocycles. The van der Waals surface area contributed by atoms with E-state index >= 15 is 0 Å². The molecule has 0 bridgehead atoms. The molecule has 10 heteroatoms. The van der Waals surface area contributed by atoms with Gasteiger partial charge in [-0.05, 0) is 60.7 Å². The highest BCUT2D eigenvalue weighted by molar-refractivity contribution is 7.92. The summed E-state index contributed by atoms with van der Waals surface area (Å²) in [6.45, 7) is 5.70. The number of benzene rings is 3. The Hall–Kier alpha value is -3.07. The summed E-state index contributed by atoms with van der Waals surface area (Å²) in [5.41, 5.74) is 3.51. The Morgan fingerprint density at radius 3 is 2.27 bits per heavy atom. The van der Waals surface area contributed by atoms with Crippen LogP contribution in [0.1, 0.15) is 42.0 Å². The highest BCUT2D eigenvalue weighted by atomic mass is 35.5. The van der Waals surface area contributed by atoms with Crippen molar-refractivity contribution >= 4 is 50.7 Å². The first-order chi connectivity index (χ1) is 19.4. The number of nitrogens with zero attached hydrogens (tertiary/aromatic N) is 2. The quantitative estimate of drug-likeness (QED) is 0.241. The zero-order valence-electron chi connectivity index (χ0n) is 23.9. The van der Waals surface area contributed by atoms with E-state index in [0.29, 0.717) is 33.4 Å². The number of carbonyl (C=O) groups excluding carboxylic acids is 2. The van der Waals surface area contributed by atoms with Gasteiger partial charge in [-0.15, -0.1) is 0 Å². The van der Waals surface area contributed by atoms with Gasteiger partial charge in [0, 0.05) is 19.5 Å². The number of sulfonamides is 1. The first-order valence-electron chi connectivity index (χ1n) is 13.5. The number of rotatable bonds is 13. The number of halogens is 2. The van der Waals surface area contributed by atoms with Crippen LogP contribution in [0.15, 0.2) is 66.7 Å². The van der Waals surface area contributed by atoms with Crippen LogP contribution in [0.3, 0.4) is 0 Å². The Morgan fingerprint density at radius 2 is 1.63 bits per heavy atom. The monoisotopic (exact) mass is 617 g/mol. The summed E-state index contributed by atoms with van der Waals surface area (Å²) in [6.07, 6.45) is 3.01. The molecule has 0 aliphatic heterocycles. The fourth-order valence-corrected chi connectivity index (χ4v) is 5.70. The number of carbonyl (C=O) groups is 2. The van der Waals surface area contributed by atoms with Crippen LogP contribution in [0.4, 0.5) is 5.69 Å². The van der Waals surface area contributed by atoms with E-state index < -0.39 is 28.5 Å². The molecule has 0 unspecified atom stereocenters. The molecule has 3 rings (SSSR count). The van der Waals surface area contributed by atoms with Gasteiger partial charge in [-0.25, -0.2) is 8.42 Å². The molecule has 0 saturated heterocycles. The van der Waals surface area contributed by atoms with Gasteiger partial charge in [0.25, 0.3) is 0 Å². The van der Waals surface area contributed by atoms with Gasteiger partial charge < -0.3 is 10.2 Å². The Kier molecular flexibility index (Phi) is 11.6. The molecule has 0 aliphatic rings. The fourth-order valence-electron chi connectivity index (χ4n) is 4.48. The minimum atomic E-state index is -3.85. The Balaban J connectivity index is 2.08. The second-order valence-corrected chi connectivity index (χ2v) is 12.9. The predicted molar refractivity (Wildman–Crippen MR) is 167 cm³/mol. The molecule has 0 fully saturated rings. The lowest BCUT2D eigenvalue weighted by molar-refractivity contribution is -0.140. The maximum absolute atomic E-state index is 14.2. The summed E-state index contributed by atoms with van der Waals surface area (Å²) in [5, 5.41) is 3.65. The third-order valence-electron chi connectivity index (χ3n) is 6.75. The highest BCUT2D eigenvalue weighted by Crippen LogP contribution is 2.27. The second kappa shape index (κ2) is 14.7. The van der Waals surface area contributed by atoms with E-state index in [1.165, 1.54) is 4.90 Å². The van der Waals surface area contributed by atoms with Crippen LogP contribution in [0, 0.1) is 13.8 Å². The van der Waals surface area contributed by atoms with Crippen LogP contribution in [0.2, 0.25) is 10.0 Å². The van der Waals surface area contributed by atoms with E-state index in [0.717, 1.165) is 34.5 Å². The normalized spacial score (nSPS) is 12.0. The fraction of sp³-hybridized carbons (Fsp3) is 0.355. The topological polar surface area (TPSA) is 86.8 Å². The summed E-state index contributed by atoms with van der Waals surface area (Å²) in [7, 11) is -3.85. The first kappa shape index (κ1) is 32.4. The molecule has 1 atom stereocenters. The molecule has 0 aliphatic carbocycles. The third-order valence-corrected chi connectivity index (χ3v) is 8.62. The standard InChI is InChI=1S/C31H37Cl2N3O4S/c1-5-6-16-34-31(38)29(19-24-10-8-7-9-11-24)35(20-25-14-15-26(32)27(33)18-25)30(37)21-36(41(4,39)40)28-17-22(2)12-13-23(28)3/h7-15,17-18,29H,5-6,16,19-21H2,1-4H3,(H,34,38)/t29-/m0/s1. The van der Waals surface area contributed by atoms with Gasteiger partial charge in [0.05, 0.1) is 22.0 Å². The number of anilines is 1. The van der Waals surface area contributed by atoms with Crippen molar-refractivity contribution in [1.82, 2.24) is 10.2 Å². The van der Waals surface area contributed by atoms with Gasteiger partial charge >= 0.3 is 0 Å². The van der Waals surface area contributed by atoms with Crippen LogP contribution >= 0.6 is 23.2 Å². The smallest absolute Gasteiger partial charge is 0.244 e. The molecule has 0 radical (unpaired) electrons. The van der Waals surface area contributed by atoms with Crippen LogP contribution in [0.25, 0.3) is 0 Å². The van der Waals surface area contributed by atoms with Gasteiger partial charge in [0.2, 0.25) is 21.8 Å². The van der Waals surface area contributed by atoms with Crippen molar-refractivity contribution < 1.29 is 18.0 Å². The largest absolute Gasteiger partial charge is 0.354 e. The SMILES string of the molecule is CCCCNC(=O)[C@H](Cc1ccccc1)N(Cc1ccc(Cl)c(Cl)c1)C(=O)CN(c1cc(C)ccc1C)S(C)(=O)=O. The number of nitrogens with one attached hydrogen (secondary N) is 1. The lowest BCUT2D eigenvalue weighted by Gasteiger charge is -2.34. The molecule has 0 aromatic heterocycles. The van der Waals surface area contributed by atoms with E-state index in [4.69, 9.17) is 23.2 Å². The summed E-state index contributed by atoms with van der Waals surface area (Å²) in [5.74, 6) is -0.831. The lowest BCUT2D eigenvalue weighted by Crippen LogP contribution is -2.53. The van der Waals surface area contributed by atoms with E-state index in [1.807, 2.05) is 56.3 Å². The number of unbranched alkanes of at least 4 members (excludes halogenated alkanes) is 1. The van der Waals surface area contributed by atoms with Crippen LogP contribution in [-0.2, 0) is 32.6 Å². The molecule has 3 aromatic carbocycles. The molecule has 1 N–H and O–H groups in total. The number of hydrogen-bond acceptors (Lipinski definition) is 4. The average molecular weight is 619 g/mol. The van der Waals surface area contributed by atoms with E-state index in [2.05, 4.69) is 5.32 Å². The summed E-state index contributed by atoms with van der Waals surface area (Å²) in [6, 6.07) is 19.0. The van der Waals surface area contributed by atoms with Gasteiger partial charge in [-0.1, -0.05) is 85.1 Å². The molecule has 0 spiro atoms. The molecule has 0 heterocycles. The van der Waals surface area contributed by atoms with Gasteiger partial charge in [-0.2, -0.15) is 0 Å². The number of aryl methyl sites for hydroxylation is 2. The first-order valence-corrected chi connectivity index (χ1v) is 16.1. The van der Waals surface area contributed by atoms with Crippen LogP contribution in [0.5, 0.6) is 0 Å². The lowest BCUT2D eigenvalue weighted by atomic mass is 10.0. The summed E-state index contributed by atoms with van der Waals surface area (Å²) >= 11 is 12.4. The van der Waals surface area contributed by atoms with Crippen LogP contribution < -0.4 is 9.62 Å². The predicted octanol–water partition coefficient (Wildman–Crippen LogP) is 5.93. The molecule has 220 valence electrons. The maximum Gasteiger partial charge on any atom is 0.244 e. The Labute approximate surface area is 253 Å². The zero-order valence-corrected chi connectivity index (χ0v) is 26.2. The van der Waals surface area contributed by atoms with Gasteiger partial charge in [0.1, 0.15) is 12.6 Å². The minimum absolute atomic E-state index is 0.0266. The molecular weight excluding hydrogens is 581 g/mol. The second-order valence-electron chi connectivity index (χ2n) is 10.2. The molecular formula is C31H37Cl2N3O4S. The van der Waals surface area contributed by atoms with Crippen molar-refractivity contribution in [3.8, 4) is 0 Å². The van der Waals surface area contributed by atoms with Crippen molar-refractivity contribution in [1.29, 1.82) is 0 Å². The minimum Gasteiger partial charge on any atom is -0.354 e. The van der Waals surface area contributed by atoms with Crippen LogP contribution in [-0.4, -0.2) is 50.5 Å². The van der Waals surface area contributed by atoms with Crippen molar-refractivity contribution in [3.63, 3.8) is 0 Å². The number of hydrogen-bond donors (Lipinski definition) is 1. The molecule has 7 nitrogen and oxygen atoms in total. The highest BCUT2D eigenvalue weighted by Gasteiger charge is 2.33. The summed E-state index contributed by atoms with van der Waals surface area (Å²) in [4.78, 5) is 29.3. The van der Waals surface area contributed by atoms with Gasteiger partial charge in [-0.3, -0.25) is 13.9 Å². The number of amides is 2. The van der Waals surface area contributed by atoms with E-state index in [1.54, 1.807) is 31.2 Å². The van der Waals surface area contributed by atoms with Crippen molar-refractivity contribution in [2.45, 2.75) is 52.6 Å². The van der Waals surface area contributed by atoms with E-state index in [9.17, 15) is 18.0 Å². The summed E-state index contributed by atoms with van der Waals surface area (Å²) < 4.78 is 27.1. The molecule has 3 aromatic rings. The van der Waals surface area contributed by atoms with Gasteiger partial charge in [0.15, 0.2) is 0 Å². The maximum atomic E-state index is 14.2. The molecule has 41 heavy (non-hydrogen) atoms. The van der Waals surface area contributed by atoms with Crippen molar-refractivity contribution in [2.75, 3.05) is 23.7 Å². The Bertz CT molecular complexity index is 1470. The third kappa shape index (κ3) is 9.21. The van der Waals surface area contributed by atoms with Crippen molar-refractivity contribution in [3.05, 3.63) is 99.0 Å². The zero-order chi connectivity index (χ0) is 30.2. The average Bonchev–Trinajstić information content (AvgIpc) is 2.92.